The van der Waals surface area contributed by atoms with E-state index in [4.69, 9.17) is 4.74 Å². The predicted molar refractivity (Wildman–Crippen MR) is 109 cm³/mol. The van der Waals surface area contributed by atoms with Crippen LogP contribution in [-0.2, 0) is 11.3 Å². The Bertz CT molecular complexity index is 816. The Morgan fingerprint density at radius 1 is 1.04 bits per heavy atom. The molecule has 0 unspecified atom stereocenters. The fourth-order valence-electron chi connectivity index (χ4n) is 3.27. The van der Waals surface area contributed by atoms with Gasteiger partial charge < -0.3 is 20.7 Å². The summed E-state index contributed by atoms with van der Waals surface area (Å²) in [6.45, 7) is 2.22. The fraction of sp³-hybridized carbons (Fsp3) is 0.364. The number of amides is 3. The van der Waals surface area contributed by atoms with E-state index < -0.39 is 6.03 Å². The van der Waals surface area contributed by atoms with Gasteiger partial charge >= 0.3 is 6.03 Å². The van der Waals surface area contributed by atoms with Crippen molar-refractivity contribution in [1.82, 2.24) is 10.6 Å². The lowest BCUT2D eigenvalue weighted by Crippen LogP contribution is -2.38. The van der Waals surface area contributed by atoms with Gasteiger partial charge in [-0.2, -0.15) is 0 Å². The summed E-state index contributed by atoms with van der Waals surface area (Å²) in [6.07, 6.45) is 4.85. The number of ether oxygens (including phenoxy) is 1. The molecular formula is C22H27N3O3. The Hall–Kier alpha value is -3.02. The average Bonchev–Trinajstić information content (AvgIpc) is 3.19. The first-order valence-corrected chi connectivity index (χ1v) is 9.73. The van der Waals surface area contributed by atoms with Gasteiger partial charge in [0.15, 0.2) is 0 Å². The monoisotopic (exact) mass is 381 g/mol. The molecular weight excluding hydrogens is 354 g/mol. The summed E-state index contributed by atoms with van der Waals surface area (Å²) >= 11 is 0. The van der Waals surface area contributed by atoms with Crippen LogP contribution in [0.15, 0.2) is 48.5 Å². The Balaban J connectivity index is 1.43. The van der Waals surface area contributed by atoms with Crippen molar-refractivity contribution < 1.29 is 14.3 Å². The van der Waals surface area contributed by atoms with Gasteiger partial charge in [-0.1, -0.05) is 30.3 Å². The van der Waals surface area contributed by atoms with Crippen LogP contribution in [0.4, 0.5) is 10.5 Å². The number of carbonyl (C=O) groups is 2. The molecule has 1 saturated carbocycles. The minimum Gasteiger partial charge on any atom is -0.490 e. The predicted octanol–water partition coefficient (Wildman–Crippen LogP) is 3.75. The summed E-state index contributed by atoms with van der Waals surface area (Å²) in [7, 11) is 0. The molecule has 1 aliphatic rings. The molecule has 0 heterocycles. The fourth-order valence-corrected chi connectivity index (χ4v) is 3.27. The van der Waals surface area contributed by atoms with E-state index in [0.29, 0.717) is 12.2 Å². The van der Waals surface area contributed by atoms with Gasteiger partial charge in [-0.3, -0.25) is 4.79 Å². The van der Waals surface area contributed by atoms with E-state index >= 15 is 0 Å². The molecule has 3 rings (SSSR count). The number of hydrogen-bond donors (Lipinski definition) is 3. The first-order valence-electron chi connectivity index (χ1n) is 9.73. The second-order valence-corrected chi connectivity index (χ2v) is 7.09. The summed E-state index contributed by atoms with van der Waals surface area (Å²) in [5.41, 5.74) is 2.68. The molecule has 1 aliphatic carbocycles. The van der Waals surface area contributed by atoms with E-state index in [0.717, 1.165) is 29.7 Å². The Morgan fingerprint density at radius 3 is 2.61 bits per heavy atom. The third kappa shape index (κ3) is 6.01. The zero-order chi connectivity index (χ0) is 19.8. The molecule has 148 valence electrons. The highest BCUT2D eigenvalue weighted by molar-refractivity contribution is 5.92. The number of aryl methyl sites for hydroxylation is 1. The van der Waals surface area contributed by atoms with Gasteiger partial charge in [0, 0.05) is 17.8 Å². The van der Waals surface area contributed by atoms with E-state index in [9.17, 15) is 9.59 Å². The Morgan fingerprint density at radius 2 is 1.82 bits per heavy atom. The molecule has 0 spiro atoms. The molecule has 6 heteroatoms. The summed E-state index contributed by atoms with van der Waals surface area (Å²) in [5, 5.41) is 8.11. The van der Waals surface area contributed by atoms with Crippen LogP contribution < -0.4 is 20.7 Å². The number of anilines is 1. The van der Waals surface area contributed by atoms with Crippen molar-refractivity contribution in [3.63, 3.8) is 0 Å². The Labute approximate surface area is 165 Å². The smallest absolute Gasteiger partial charge is 0.319 e. The van der Waals surface area contributed by atoms with Crippen LogP contribution >= 0.6 is 0 Å². The van der Waals surface area contributed by atoms with Crippen molar-refractivity contribution in [3.8, 4) is 5.75 Å². The summed E-state index contributed by atoms with van der Waals surface area (Å²) in [5.74, 6) is 0.565. The molecule has 6 nitrogen and oxygen atoms in total. The summed E-state index contributed by atoms with van der Waals surface area (Å²) < 4.78 is 6.08. The van der Waals surface area contributed by atoms with Gasteiger partial charge in [-0.05, 0) is 56.4 Å². The molecule has 0 saturated heterocycles. The summed E-state index contributed by atoms with van der Waals surface area (Å²) in [6, 6.07) is 14.8. The number of nitrogens with one attached hydrogen (secondary N) is 3. The van der Waals surface area contributed by atoms with Crippen molar-refractivity contribution in [2.75, 3.05) is 11.9 Å². The van der Waals surface area contributed by atoms with Crippen molar-refractivity contribution in [2.24, 2.45) is 0 Å². The highest BCUT2D eigenvalue weighted by atomic mass is 16.5. The van der Waals surface area contributed by atoms with Crippen LogP contribution in [0.5, 0.6) is 5.75 Å². The first kappa shape index (κ1) is 19.7. The van der Waals surface area contributed by atoms with E-state index in [1.807, 2.05) is 49.4 Å². The van der Waals surface area contributed by atoms with E-state index in [-0.39, 0.29) is 18.6 Å². The maximum Gasteiger partial charge on any atom is 0.319 e. The third-order valence-corrected chi connectivity index (χ3v) is 4.73. The number of benzene rings is 2. The van der Waals surface area contributed by atoms with E-state index in [2.05, 4.69) is 16.0 Å². The minimum absolute atomic E-state index is 0.0940. The van der Waals surface area contributed by atoms with Crippen molar-refractivity contribution in [3.05, 3.63) is 59.7 Å². The zero-order valence-electron chi connectivity index (χ0n) is 16.2. The average molecular weight is 381 g/mol. The van der Waals surface area contributed by atoms with Gasteiger partial charge in [0.05, 0.1) is 12.6 Å². The highest BCUT2D eigenvalue weighted by Crippen LogP contribution is 2.26. The standard InChI is InChI=1S/C22H27N3O3/c1-16-7-6-9-18(13-16)25-22(27)24-15-21(26)23-14-17-8-2-5-12-20(17)28-19-10-3-4-11-19/h2,5-9,12-13,19H,3-4,10-11,14-15H2,1H3,(H,23,26)(H2,24,25,27). The van der Waals surface area contributed by atoms with Gasteiger partial charge in [-0.15, -0.1) is 0 Å². The quantitative estimate of drug-likeness (QED) is 0.683. The van der Waals surface area contributed by atoms with Gasteiger partial charge in [0.25, 0.3) is 0 Å². The zero-order valence-corrected chi connectivity index (χ0v) is 16.2. The number of para-hydroxylation sites is 1. The summed E-state index contributed by atoms with van der Waals surface area (Å²) in [4.78, 5) is 24.0. The van der Waals surface area contributed by atoms with Crippen molar-refractivity contribution >= 4 is 17.6 Å². The topological polar surface area (TPSA) is 79.5 Å². The van der Waals surface area contributed by atoms with Crippen LogP contribution in [0.1, 0.15) is 36.8 Å². The molecule has 2 aromatic carbocycles. The number of urea groups is 1. The molecule has 3 amide bonds. The van der Waals surface area contributed by atoms with Crippen LogP contribution in [0.2, 0.25) is 0 Å². The highest BCUT2D eigenvalue weighted by Gasteiger charge is 2.18. The number of hydrogen-bond acceptors (Lipinski definition) is 3. The molecule has 0 atom stereocenters. The van der Waals surface area contributed by atoms with E-state index in [1.54, 1.807) is 6.07 Å². The molecule has 3 N–H and O–H groups in total. The molecule has 1 fully saturated rings. The molecule has 28 heavy (non-hydrogen) atoms. The Kier molecular flexibility index (Phi) is 6.89. The van der Waals surface area contributed by atoms with E-state index in [1.165, 1.54) is 12.8 Å². The van der Waals surface area contributed by atoms with Crippen molar-refractivity contribution in [2.45, 2.75) is 45.3 Å². The lowest BCUT2D eigenvalue weighted by atomic mass is 10.2. The van der Waals surface area contributed by atoms with Crippen LogP contribution in [0.3, 0.4) is 0 Å². The van der Waals surface area contributed by atoms with Gasteiger partial charge in [-0.25, -0.2) is 4.79 Å². The van der Waals surface area contributed by atoms with Crippen LogP contribution in [-0.4, -0.2) is 24.6 Å². The second kappa shape index (κ2) is 9.78. The molecule has 0 aliphatic heterocycles. The minimum atomic E-state index is -0.411. The third-order valence-electron chi connectivity index (χ3n) is 4.73. The SMILES string of the molecule is Cc1cccc(NC(=O)NCC(=O)NCc2ccccc2OC2CCCC2)c1. The van der Waals surface area contributed by atoms with Crippen LogP contribution in [0.25, 0.3) is 0 Å². The normalized spacial score (nSPS) is 13.8. The number of carbonyl (C=O) groups excluding carboxylic acids is 2. The maximum absolute atomic E-state index is 12.1. The number of rotatable bonds is 7. The lowest BCUT2D eigenvalue weighted by Gasteiger charge is -2.17. The van der Waals surface area contributed by atoms with Crippen LogP contribution in [0, 0.1) is 6.92 Å². The second-order valence-electron chi connectivity index (χ2n) is 7.09. The van der Waals surface area contributed by atoms with Crippen molar-refractivity contribution in [1.29, 1.82) is 0 Å². The largest absolute Gasteiger partial charge is 0.490 e. The molecule has 0 bridgehead atoms. The molecule has 0 radical (unpaired) electrons. The lowest BCUT2D eigenvalue weighted by molar-refractivity contribution is -0.120. The molecule has 0 aromatic heterocycles. The van der Waals surface area contributed by atoms with Gasteiger partial charge in [0.2, 0.25) is 5.91 Å². The van der Waals surface area contributed by atoms with Gasteiger partial charge in [0.1, 0.15) is 5.75 Å². The maximum atomic E-state index is 12.1. The molecule has 2 aromatic rings. The first-order chi connectivity index (χ1) is 13.6.